The molecule has 0 fully saturated rings. The Morgan fingerprint density at radius 2 is 1.73 bits per heavy atom. The van der Waals surface area contributed by atoms with Crippen molar-refractivity contribution in [2.75, 3.05) is 7.11 Å². The SMILES string of the molecule is COc1ccc(SC(F)(F)F)c(C)c1C. The van der Waals surface area contributed by atoms with Crippen LogP contribution >= 0.6 is 11.8 Å². The van der Waals surface area contributed by atoms with Gasteiger partial charge in [-0.2, -0.15) is 13.2 Å². The summed E-state index contributed by atoms with van der Waals surface area (Å²) in [6, 6.07) is 2.98. The summed E-state index contributed by atoms with van der Waals surface area (Å²) in [5.41, 5.74) is -2.89. The van der Waals surface area contributed by atoms with Gasteiger partial charge in [-0.1, -0.05) is 0 Å². The topological polar surface area (TPSA) is 9.23 Å². The van der Waals surface area contributed by atoms with Crippen molar-refractivity contribution in [2.45, 2.75) is 24.3 Å². The highest BCUT2D eigenvalue weighted by atomic mass is 32.2. The normalized spacial score (nSPS) is 11.6. The minimum atomic E-state index is -4.24. The van der Waals surface area contributed by atoms with Gasteiger partial charge in [0.25, 0.3) is 0 Å². The Morgan fingerprint density at radius 3 is 2.20 bits per heavy atom. The van der Waals surface area contributed by atoms with Crippen molar-refractivity contribution < 1.29 is 17.9 Å². The summed E-state index contributed by atoms with van der Waals surface area (Å²) >= 11 is -0.0948. The number of ether oxygens (including phenoxy) is 1. The van der Waals surface area contributed by atoms with E-state index >= 15 is 0 Å². The molecule has 0 aliphatic heterocycles. The number of halogens is 3. The molecule has 1 aromatic rings. The van der Waals surface area contributed by atoms with Crippen LogP contribution in [-0.4, -0.2) is 12.6 Å². The van der Waals surface area contributed by atoms with E-state index in [9.17, 15) is 13.2 Å². The summed E-state index contributed by atoms with van der Waals surface area (Å²) in [6.45, 7) is 3.40. The molecule has 0 N–H and O–H groups in total. The Balaban J connectivity index is 3.07. The maximum absolute atomic E-state index is 12.2. The summed E-state index contributed by atoms with van der Waals surface area (Å²) in [5.74, 6) is 0.610. The highest BCUT2D eigenvalue weighted by Crippen LogP contribution is 2.40. The molecule has 0 radical (unpaired) electrons. The lowest BCUT2D eigenvalue weighted by molar-refractivity contribution is -0.0328. The monoisotopic (exact) mass is 236 g/mol. The van der Waals surface area contributed by atoms with Gasteiger partial charge in [0.1, 0.15) is 5.75 Å². The third kappa shape index (κ3) is 3.06. The number of alkyl halides is 3. The molecule has 0 bridgehead atoms. The van der Waals surface area contributed by atoms with Crippen LogP contribution in [0.3, 0.4) is 0 Å². The highest BCUT2D eigenvalue weighted by Gasteiger charge is 2.30. The summed E-state index contributed by atoms with van der Waals surface area (Å²) in [7, 11) is 1.50. The molecule has 0 unspecified atom stereocenters. The van der Waals surface area contributed by atoms with E-state index in [1.807, 2.05) is 0 Å². The quantitative estimate of drug-likeness (QED) is 0.720. The maximum atomic E-state index is 12.2. The summed E-state index contributed by atoms with van der Waals surface area (Å²) in [4.78, 5) is 0.223. The molecule has 84 valence electrons. The van der Waals surface area contributed by atoms with Crippen LogP contribution in [0, 0.1) is 13.8 Å². The average molecular weight is 236 g/mol. The van der Waals surface area contributed by atoms with E-state index in [0.29, 0.717) is 11.3 Å². The van der Waals surface area contributed by atoms with Crippen LogP contribution in [0.2, 0.25) is 0 Å². The van der Waals surface area contributed by atoms with Gasteiger partial charge in [0, 0.05) is 4.90 Å². The van der Waals surface area contributed by atoms with Crippen LogP contribution in [-0.2, 0) is 0 Å². The predicted octanol–water partition coefficient (Wildman–Crippen LogP) is 3.92. The van der Waals surface area contributed by atoms with Gasteiger partial charge < -0.3 is 4.74 Å². The second-order valence-corrected chi connectivity index (χ2v) is 4.17. The Morgan fingerprint density at radius 1 is 1.13 bits per heavy atom. The molecule has 15 heavy (non-hydrogen) atoms. The molecule has 0 amide bonds. The summed E-state index contributed by atoms with van der Waals surface area (Å²) < 4.78 is 41.5. The number of thioether (sulfide) groups is 1. The molecular formula is C10H11F3OS. The van der Waals surface area contributed by atoms with Crippen molar-refractivity contribution in [1.29, 1.82) is 0 Å². The fraction of sp³-hybridized carbons (Fsp3) is 0.400. The summed E-state index contributed by atoms with van der Waals surface area (Å²) in [5, 5.41) is 0. The number of methoxy groups -OCH3 is 1. The van der Waals surface area contributed by atoms with Crippen molar-refractivity contribution in [1.82, 2.24) is 0 Å². The van der Waals surface area contributed by atoms with Gasteiger partial charge >= 0.3 is 5.51 Å². The van der Waals surface area contributed by atoms with E-state index in [1.165, 1.54) is 13.2 Å². The average Bonchev–Trinajstić information content (AvgIpc) is 2.11. The molecular weight excluding hydrogens is 225 g/mol. The fourth-order valence-corrected chi connectivity index (χ4v) is 1.92. The van der Waals surface area contributed by atoms with Crippen molar-refractivity contribution in [2.24, 2.45) is 0 Å². The van der Waals surface area contributed by atoms with Gasteiger partial charge in [-0.25, -0.2) is 0 Å². The summed E-state index contributed by atoms with van der Waals surface area (Å²) in [6.07, 6.45) is 0. The highest BCUT2D eigenvalue weighted by molar-refractivity contribution is 8.00. The van der Waals surface area contributed by atoms with Gasteiger partial charge in [-0.15, -0.1) is 0 Å². The second kappa shape index (κ2) is 4.35. The first kappa shape index (κ1) is 12.2. The van der Waals surface area contributed by atoms with Gasteiger partial charge in [-0.05, 0) is 48.9 Å². The van der Waals surface area contributed by atoms with Gasteiger partial charge in [0.2, 0.25) is 0 Å². The van der Waals surface area contributed by atoms with Gasteiger partial charge in [0.15, 0.2) is 0 Å². The van der Waals surface area contributed by atoms with Crippen LogP contribution < -0.4 is 4.74 Å². The molecule has 0 saturated heterocycles. The maximum Gasteiger partial charge on any atom is 0.446 e. The number of hydrogen-bond donors (Lipinski definition) is 0. The molecule has 1 aromatic carbocycles. The van der Waals surface area contributed by atoms with Crippen LogP contribution in [0.15, 0.2) is 17.0 Å². The molecule has 0 atom stereocenters. The zero-order valence-electron chi connectivity index (χ0n) is 8.61. The minimum absolute atomic E-state index is 0.0948. The molecule has 0 heterocycles. The van der Waals surface area contributed by atoms with Gasteiger partial charge in [0.05, 0.1) is 7.11 Å². The molecule has 5 heteroatoms. The molecule has 0 aliphatic carbocycles. The Kier molecular flexibility index (Phi) is 3.54. The third-order valence-corrected chi connectivity index (χ3v) is 3.03. The first-order chi connectivity index (χ1) is 6.85. The number of benzene rings is 1. The lowest BCUT2D eigenvalue weighted by Gasteiger charge is -2.13. The van der Waals surface area contributed by atoms with E-state index < -0.39 is 5.51 Å². The fourth-order valence-electron chi connectivity index (χ4n) is 1.23. The van der Waals surface area contributed by atoms with Crippen molar-refractivity contribution in [3.63, 3.8) is 0 Å². The molecule has 0 aromatic heterocycles. The smallest absolute Gasteiger partial charge is 0.446 e. The zero-order valence-corrected chi connectivity index (χ0v) is 9.42. The first-order valence-electron chi connectivity index (χ1n) is 4.25. The molecule has 0 spiro atoms. The predicted molar refractivity (Wildman–Crippen MR) is 54.4 cm³/mol. The van der Waals surface area contributed by atoms with E-state index in [1.54, 1.807) is 19.9 Å². The van der Waals surface area contributed by atoms with Crippen molar-refractivity contribution in [3.05, 3.63) is 23.3 Å². The van der Waals surface area contributed by atoms with E-state index in [4.69, 9.17) is 4.74 Å². The standard InChI is InChI=1S/C10H11F3OS/c1-6-7(2)9(15-10(11,12)13)5-4-8(6)14-3/h4-5H,1-3H3. The van der Waals surface area contributed by atoms with E-state index in [2.05, 4.69) is 0 Å². The Bertz CT molecular complexity index is 360. The Labute approximate surface area is 90.6 Å². The number of hydrogen-bond acceptors (Lipinski definition) is 2. The van der Waals surface area contributed by atoms with Crippen molar-refractivity contribution >= 4 is 11.8 Å². The van der Waals surface area contributed by atoms with Crippen molar-refractivity contribution in [3.8, 4) is 5.75 Å². The minimum Gasteiger partial charge on any atom is -0.496 e. The number of rotatable bonds is 2. The van der Waals surface area contributed by atoms with Crippen LogP contribution in [0.4, 0.5) is 13.2 Å². The first-order valence-corrected chi connectivity index (χ1v) is 5.06. The molecule has 0 aliphatic rings. The van der Waals surface area contributed by atoms with E-state index in [0.717, 1.165) is 5.56 Å². The zero-order chi connectivity index (χ0) is 11.6. The van der Waals surface area contributed by atoms with Crippen LogP contribution in [0.1, 0.15) is 11.1 Å². The molecule has 1 rings (SSSR count). The van der Waals surface area contributed by atoms with Crippen LogP contribution in [0.5, 0.6) is 5.75 Å². The molecule has 1 nitrogen and oxygen atoms in total. The Hall–Kier alpha value is -0.840. The third-order valence-electron chi connectivity index (χ3n) is 2.13. The van der Waals surface area contributed by atoms with Crippen LogP contribution in [0.25, 0.3) is 0 Å². The lowest BCUT2D eigenvalue weighted by Crippen LogP contribution is -2.01. The molecule has 0 saturated carbocycles. The second-order valence-electron chi connectivity index (χ2n) is 3.06. The van der Waals surface area contributed by atoms with Gasteiger partial charge in [-0.3, -0.25) is 0 Å². The van der Waals surface area contributed by atoms with E-state index in [-0.39, 0.29) is 16.7 Å². The largest absolute Gasteiger partial charge is 0.496 e. The lowest BCUT2D eigenvalue weighted by atomic mass is 10.1.